The predicted octanol–water partition coefficient (Wildman–Crippen LogP) is 0.637. The lowest BCUT2D eigenvalue weighted by Crippen LogP contribution is -2.41. The Morgan fingerprint density at radius 3 is 2.60 bits per heavy atom. The highest BCUT2D eigenvalue weighted by atomic mass is 16.2. The lowest BCUT2D eigenvalue weighted by molar-refractivity contribution is -0.121. The third kappa shape index (κ3) is 2.49. The van der Waals surface area contributed by atoms with Crippen LogP contribution in [-0.4, -0.2) is 35.7 Å². The molecule has 1 aromatic carbocycles. The van der Waals surface area contributed by atoms with E-state index in [0.29, 0.717) is 12.5 Å². The van der Waals surface area contributed by atoms with Crippen molar-refractivity contribution in [3.8, 4) is 0 Å². The molecule has 0 spiro atoms. The Balaban J connectivity index is 2.13. The van der Waals surface area contributed by atoms with Crippen molar-refractivity contribution < 1.29 is 14.4 Å². The molecule has 6 nitrogen and oxygen atoms in total. The molecule has 2 rings (SSSR count). The zero-order valence-electron chi connectivity index (χ0n) is 11.5. The fourth-order valence-electron chi connectivity index (χ4n) is 2.02. The topological polar surface area (TPSA) is 92.5 Å². The zero-order valence-corrected chi connectivity index (χ0v) is 11.5. The second-order valence-corrected chi connectivity index (χ2v) is 5.16. The predicted molar refractivity (Wildman–Crippen MR) is 74.1 cm³/mol. The van der Waals surface area contributed by atoms with Gasteiger partial charge in [0.2, 0.25) is 5.91 Å². The van der Waals surface area contributed by atoms with Gasteiger partial charge in [0.15, 0.2) is 0 Å². The van der Waals surface area contributed by atoms with E-state index in [0.717, 1.165) is 4.90 Å². The Morgan fingerprint density at radius 1 is 1.30 bits per heavy atom. The van der Waals surface area contributed by atoms with E-state index in [1.165, 1.54) is 6.07 Å². The van der Waals surface area contributed by atoms with Crippen molar-refractivity contribution in [1.82, 2.24) is 10.2 Å². The molecule has 0 aliphatic carbocycles. The summed E-state index contributed by atoms with van der Waals surface area (Å²) < 4.78 is 0. The van der Waals surface area contributed by atoms with Gasteiger partial charge in [-0.15, -0.1) is 0 Å². The fourth-order valence-corrected chi connectivity index (χ4v) is 2.02. The molecule has 3 N–H and O–H groups in total. The van der Waals surface area contributed by atoms with E-state index in [2.05, 4.69) is 5.32 Å². The van der Waals surface area contributed by atoms with E-state index in [-0.39, 0.29) is 29.3 Å². The number of imide groups is 1. The number of amides is 3. The number of benzene rings is 1. The van der Waals surface area contributed by atoms with Gasteiger partial charge >= 0.3 is 0 Å². The lowest BCUT2D eigenvalue weighted by Gasteiger charge is -2.14. The van der Waals surface area contributed by atoms with E-state index < -0.39 is 11.8 Å². The van der Waals surface area contributed by atoms with Gasteiger partial charge in [0, 0.05) is 12.2 Å². The molecule has 106 valence electrons. The highest BCUT2D eigenvalue weighted by Gasteiger charge is 2.37. The van der Waals surface area contributed by atoms with Gasteiger partial charge in [-0.25, -0.2) is 0 Å². The van der Waals surface area contributed by atoms with Gasteiger partial charge in [0.25, 0.3) is 11.8 Å². The highest BCUT2D eigenvalue weighted by molar-refractivity contribution is 6.24. The first kappa shape index (κ1) is 14.0. The van der Waals surface area contributed by atoms with E-state index in [4.69, 9.17) is 5.73 Å². The molecule has 0 atom stereocenters. The quantitative estimate of drug-likeness (QED) is 0.623. The number of anilines is 1. The molecule has 6 heteroatoms. The minimum Gasteiger partial charge on any atom is -0.398 e. The molecule has 1 aliphatic rings. The van der Waals surface area contributed by atoms with Gasteiger partial charge in [0.05, 0.1) is 11.1 Å². The van der Waals surface area contributed by atoms with Crippen molar-refractivity contribution in [1.29, 1.82) is 0 Å². The minimum absolute atomic E-state index is 0.189. The maximum atomic E-state index is 12.1. The summed E-state index contributed by atoms with van der Waals surface area (Å²) in [7, 11) is 0. The molecule has 0 saturated heterocycles. The summed E-state index contributed by atoms with van der Waals surface area (Å²) in [6.07, 6.45) is 0. The van der Waals surface area contributed by atoms with Crippen LogP contribution in [0.25, 0.3) is 0 Å². The number of nitrogens with zero attached hydrogens (tertiary/aromatic N) is 1. The van der Waals surface area contributed by atoms with Crippen molar-refractivity contribution in [2.45, 2.75) is 13.8 Å². The normalized spacial score (nSPS) is 13.8. The van der Waals surface area contributed by atoms with Crippen molar-refractivity contribution in [3.63, 3.8) is 0 Å². The van der Waals surface area contributed by atoms with E-state index in [9.17, 15) is 14.4 Å². The maximum Gasteiger partial charge on any atom is 0.264 e. The van der Waals surface area contributed by atoms with Crippen molar-refractivity contribution in [2.24, 2.45) is 5.92 Å². The first-order chi connectivity index (χ1) is 9.41. The molecule has 3 amide bonds. The molecular weight excluding hydrogens is 258 g/mol. The Kier molecular flexibility index (Phi) is 3.74. The number of fused-ring (bicyclic) bond motifs is 1. The first-order valence-corrected chi connectivity index (χ1v) is 6.43. The second-order valence-electron chi connectivity index (χ2n) is 5.16. The summed E-state index contributed by atoms with van der Waals surface area (Å²) in [5.41, 5.74) is 6.42. The summed E-state index contributed by atoms with van der Waals surface area (Å²) in [4.78, 5) is 36.9. The van der Waals surface area contributed by atoms with Crippen LogP contribution in [0.4, 0.5) is 5.69 Å². The van der Waals surface area contributed by atoms with Crippen LogP contribution < -0.4 is 11.1 Å². The number of nitrogens with one attached hydrogen (secondary N) is 1. The van der Waals surface area contributed by atoms with Crippen molar-refractivity contribution in [3.05, 3.63) is 29.3 Å². The summed E-state index contributed by atoms with van der Waals surface area (Å²) in [6.45, 7) is 4.15. The minimum atomic E-state index is -0.511. The van der Waals surface area contributed by atoms with Gasteiger partial charge < -0.3 is 11.1 Å². The molecule has 0 aromatic heterocycles. The second kappa shape index (κ2) is 5.32. The highest BCUT2D eigenvalue weighted by Crippen LogP contribution is 2.27. The van der Waals surface area contributed by atoms with Crippen LogP contribution in [0.5, 0.6) is 0 Å². The average molecular weight is 275 g/mol. The van der Waals surface area contributed by atoms with Crippen molar-refractivity contribution in [2.75, 3.05) is 18.8 Å². The van der Waals surface area contributed by atoms with Crippen LogP contribution >= 0.6 is 0 Å². The Bertz CT molecular complexity index is 581. The van der Waals surface area contributed by atoms with Gasteiger partial charge in [-0.3, -0.25) is 19.3 Å². The van der Waals surface area contributed by atoms with Crippen LogP contribution in [0.2, 0.25) is 0 Å². The SMILES string of the molecule is CC(C)CNC(=O)CN1C(=O)c2cccc(N)c2C1=O. The number of carbonyl (C=O) groups is 3. The Hall–Kier alpha value is -2.37. The van der Waals surface area contributed by atoms with Crippen LogP contribution in [0.3, 0.4) is 0 Å². The van der Waals surface area contributed by atoms with Crippen LogP contribution in [0, 0.1) is 5.92 Å². The molecule has 0 saturated carbocycles. The number of nitrogen functional groups attached to an aromatic ring is 1. The third-order valence-corrected chi connectivity index (χ3v) is 3.04. The molecule has 20 heavy (non-hydrogen) atoms. The van der Waals surface area contributed by atoms with Gasteiger partial charge in [0.1, 0.15) is 6.54 Å². The molecule has 1 heterocycles. The van der Waals surface area contributed by atoms with Gasteiger partial charge in [-0.2, -0.15) is 0 Å². The average Bonchev–Trinajstić information content (AvgIpc) is 2.63. The molecule has 1 aliphatic heterocycles. The standard InChI is InChI=1S/C14H17N3O3/c1-8(2)6-16-11(18)7-17-13(19)9-4-3-5-10(15)12(9)14(17)20/h3-5,8H,6-7,15H2,1-2H3,(H,16,18). The number of nitrogens with two attached hydrogens (primary N) is 1. The van der Waals surface area contributed by atoms with E-state index in [1.807, 2.05) is 13.8 Å². The molecule has 0 bridgehead atoms. The first-order valence-electron chi connectivity index (χ1n) is 6.43. The lowest BCUT2D eigenvalue weighted by atomic mass is 10.1. The number of rotatable bonds is 4. The largest absolute Gasteiger partial charge is 0.398 e. The molecule has 0 radical (unpaired) electrons. The smallest absolute Gasteiger partial charge is 0.264 e. The maximum absolute atomic E-state index is 12.1. The Labute approximate surface area is 116 Å². The van der Waals surface area contributed by atoms with Crippen molar-refractivity contribution >= 4 is 23.4 Å². The number of carbonyl (C=O) groups excluding carboxylic acids is 3. The monoisotopic (exact) mass is 275 g/mol. The van der Waals surface area contributed by atoms with E-state index >= 15 is 0 Å². The summed E-state index contributed by atoms with van der Waals surface area (Å²) >= 11 is 0. The van der Waals surface area contributed by atoms with Crippen LogP contribution in [-0.2, 0) is 4.79 Å². The van der Waals surface area contributed by atoms with Gasteiger partial charge in [-0.05, 0) is 18.1 Å². The van der Waals surface area contributed by atoms with E-state index in [1.54, 1.807) is 12.1 Å². The third-order valence-electron chi connectivity index (χ3n) is 3.04. The summed E-state index contributed by atoms with van der Waals surface area (Å²) in [5.74, 6) is -1.04. The van der Waals surface area contributed by atoms with Gasteiger partial charge in [-0.1, -0.05) is 19.9 Å². The fraction of sp³-hybridized carbons (Fsp3) is 0.357. The molecule has 1 aromatic rings. The number of hydrogen-bond acceptors (Lipinski definition) is 4. The molecular formula is C14H17N3O3. The van der Waals surface area contributed by atoms with Crippen LogP contribution in [0.15, 0.2) is 18.2 Å². The molecule has 0 unspecified atom stereocenters. The Morgan fingerprint density at radius 2 is 2.00 bits per heavy atom. The van der Waals surface area contributed by atoms with Crippen LogP contribution in [0.1, 0.15) is 34.6 Å². The zero-order chi connectivity index (χ0) is 14.9. The summed E-state index contributed by atoms with van der Waals surface area (Å²) in [5, 5.41) is 2.68. The summed E-state index contributed by atoms with van der Waals surface area (Å²) in [6, 6.07) is 4.71. The molecule has 0 fully saturated rings. The number of hydrogen-bond donors (Lipinski definition) is 2.